The fourth-order valence-electron chi connectivity index (χ4n) is 1.81. The molecule has 1 heterocycles. The molecule has 0 bridgehead atoms. The minimum absolute atomic E-state index is 0.194. The van der Waals surface area contributed by atoms with Gasteiger partial charge in [-0.15, -0.1) is 11.8 Å². The second kappa shape index (κ2) is 5.48. The largest absolute Gasteiger partial charge is 0.480 e. The molecule has 0 spiro atoms. The van der Waals surface area contributed by atoms with Gasteiger partial charge in [-0.25, -0.2) is 4.79 Å². The number of thioether (sulfide) groups is 1. The van der Waals surface area contributed by atoms with Crippen molar-refractivity contribution in [3.05, 3.63) is 32.9 Å². The summed E-state index contributed by atoms with van der Waals surface area (Å²) < 4.78 is 0.890. The van der Waals surface area contributed by atoms with Crippen LogP contribution in [0.1, 0.15) is 15.9 Å². The minimum Gasteiger partial charge on any atom is -0.480 e. The predicted molar refractivity (Wildman–Crippen MR) is 78.8 cm³/mol. The van der Waals surface area contributed by atoms with Crippen LogP contribution in [0.2, 0.25) is 0 Å². The van der Waals surface area contributed by atoms with Gasteiger partial charge in [0.25, 0.3) is 5.91 Å². The summed E-state index contributed by atoms with van der Waals surface area (Å²) in [5, 5.41) is 9.09. The third-order valence-electron chi connectivity index (χ3n) is 2.85. The van der Waals surface area contributed by atoms with E-state index < -0.39 is 12.0 Å². The maximum Gasteiger partial charge on any atom is 0.327 e. The standard InChI is InChI=1S/C12H12INO3S/c1-7-3-2-4-8(10(7)13)11(15)14-6-18-5-9(14)12(16)17/h2-4,9H,5-6H2,1H3,(H,16,17)/t9-/m0/s1. The van der Waals surface area contributed by atoms with E-state index >= 15 is 0 Å². The summed E-state index contributed by atoms with van der Waals surface area (Å²) in [6, 6.07) is 4.80. The maximum absolute atomic E-state index is 12.4. The highest BCUT2D eigenvalue weighted by molar-refractivity contribution is 14.1. The van der Waals surface area contributed by atoms with Crippen LogP contribution >= 0.6 is 34.4 Å². The minimum atomic E-state index is -0.934. The van der Waals surface area contributed by atoms with Gasteiger partial charge in [-0.05, 0) is 41.1 Å². The molecule has 1 saturated heterocycles. The summed E-state index contributed by atoms with van der Waals surface area (Å²) >= 11 is 3.60. The molecule has 1 N–H and O–H groups in total. The van der Waals surface area contributed by atoms with E-state index in [0.717, 1.165) is 9.13 Å². The number of halogens is 1. The summed E-state index contributed by atoms with van der Waals surface area (Å²) in [6.07, 6.45) is 0. The Kier molecular flexibility index (Phi) is 4.16. The van der Waals surface area contributed by atoms with Crippen LogP contribution in [0.3, 0.4) is 0 Å². The van der Waals surface area contributed by atoms with Crippen molar-refractivity contribution < 1.29 is 14.7 Å². The normalized spacial score (nSPS) is 19.0. The van der Waals surface area contributed by atoms with Crippen molar-refractivity contribution in [2.45, 2.75) is 13.0 Å². The molecule has 0 aliphatic carbocycles. The van der Waals surface area contributed by atoms with E-state index in [0.29, 0.717) is 17.2 Å². The quantitative estimate of drug-likeness (QED) is 0.803. The van der Waals surface area contributed by atoms with Gasteiger partial charge in [0.2, 0.25) is 0 Å². The van der Waals surface area contributed by atoms with Crippen molar-refractivity contribution >= 4 is 46.2 Å². The Morgan fingerprint density at radius 3 is 2.89 bits per heavy atom. The topological polar surface area (TPSA) is 57.6 Å². The van der Waals surface area contributed by atoms with Crippen LogP contribution in [0.25, 0.3) is 0 Å². The van der Waals surface area contributed by atoms with Gasteiger partial charge in [-0.1, -0.05) is 12.1 Å². The van der Waals surface area contributed by atoms with Crippen LogP contribution in [0.5, 0.6) is 0 Å². The van der Waals surface area contributed by atoms with Crippen LogP contribution in [0.4, 0.5) is 0 Å². The summed E-state index contributed by atoms with van der Waals surface area (Å²) in [5.41, 5.74) is 1.62. The number of aryl methyl sites for hydroxylation is 1. The molecule has 1 atom stereocenters. The number of amides is 1. The summed E-state index contributed by atoms with van der Waals surface area (Å²) in [7, 11) is 0. The molecule has 0 aromatic heterocycles. The van der Waals surface area contributed by atoms with Gasteiger partial charge in [0.05, 0.1) is 11.4 Å². The van der Waals surface area contributed by atoms with Crippen molar-refractivity contribution in [1.29, 1.82) is 0 Å². The number of carboxylic acid groups (broad SMARTS) is 1. The van der Waals surface area contributed by atoms with Crippen molar-refractivity contribution in [3.63, 3.8) is 0 Å². The van der Waals surface area contributed by atoms with Crippen LogP contribution in [0.15, 0.2) is 18.2 Å². The lowest BCUT2D eigenvalue weighted by Crippen LogP contribution is -2.42. The fraction of sp³-hybridized carbons (Fsp3) is 0.333. The Hall–Kier alpha value is -0.760. The first-order valence-electron chi connectivity index (χ1n) is 5.39. The van der Waals surface area contributed by atoms with E-state index in [-0.39, 0.29) is 5.91 Å². The highest BCUT2D eigenvalue weighted by Crippen LogP contribution is 2.26. The number of benzene rings is 1. The van der Waals surface area contributed by atoms with E-state index in [2.05, 4.69) is 22.6 Å². The molecule has 2 rings (SSSR count). The molecule has 0 saturated carbocycles. The first kappa shape index (κ1) is 13.7. The Labute approximate surface area is 123 Å². The average Bonchev–Trinajstić information content (AvgIpc) is 2.81. The molecule has 0 unspecified atom stereocenters. The summed E-state index contributed by atoms with van der Waals surface area (Å²) in [5.74, 6) is -0.222. The molecule has 1 aliphatic heterocycles. The highest BCUT2D eigenvalue weighted by atomic mass is 127. The summed E-state index contributed by atoms with van der Waals surface area (Å²) in [6.45, 7) is 1.94. The molecule has 0 radical (unpaired) electrons. The highest BCUT2D eigenvalue weighted by Gasteiger charge is 2.35. The lowest BCUT2D eigenvalue weighted by atomic mass is 10.1. The van der Waals surface area contributed by atoms with E-state index in [9.17, 15) is 9.59 Å². The van der Waals surface area contributed by atoms with Crippen LogP contribution in [-0.2, 0) is 4.79 Å². The second-order valence-corrected chi connectivity index (χ2v) is 6.14. The Bertz CT molecular complexity index is 506. The zero-order valence-electron chi connectivity index (χ0n) is 9.72. The molecule has 1 aliphatic rings. The second-order valence-electron chi connectivity index (χ2n) is 4.07. The van der Waals surface area contributed by atoms with Crippen LogP contribution in [-0.4, -0.2) is 39.6 Å². The SMILES string of the molecule is Cc1cccc(C(=O)N2CSC[C@H]2C(=O)O)c1I. The maximum atomic E-state index is 12.4. The van der Waals surface area contributed by atoms with E-state index in [1.807, 2.05) is 19.1 Å². The van der Waals surface area contributed by atoms with E-state index in [1.54, 1.807) is 6.07 Å². The molecule has 6 heteroatoms. The van der Waals surface area contributed by atoms with Gasteiger partial charge < -0.3 is 10.0 Å². The number of carbonyl (C=O) groups is 2. The van der Waals surface area contributed by atoms with Crippen LogP contribution < -0.4 is 0 Å². The molecular weight excluding hydrogens is 365 g/mol. The van der Waals surface area contributed by atoms with Gasteiger partial charge in [0, 0.05) is 9.32 Å². The first-order valence-corrected chi connectivity index (χ1v) is 7.62. The van der Waals surface area contributed by atoms with Gasteiger partial charge in [0.15, 0.2) is 0 Å². The van der Waals surface area contributed by atoms with Crippen molar-refractivity contribution in [3.8, 4) is 0 Å². The number of hydrogen-bond donors (Lipinski definition) is 1. The average molecular weight is 377 g/mol. The van der Waals surface area contributed by atoms with E-state index in [1.165, 1.54) is 16.7 Å². The van der Waals surface area contributed by atoms with Crippen molar-refractivity contribution in [1.82, 2.24) is 4.90 Å². The number of aliphatic carboxylic acids is 1. The Balaban J connectivity index is 2.31. The summed E-state index contributed by atoms with van der Waals surface area (Å²) in [4.78, 5) is 24.9. The van der Waals surface area contributed by atoms with Gasteiger partial charge in [-0.3, -0.25) is 4.79 Å². The van der Waals surface area contributed by atoms with Gasteiger partial charge in [-0.2, -0.15) is 0 Å². The third kappa shape index (κ3) is 2.49. The molecule has 96 valence electrons. The Morgan fingerprint density at radius 1 is 1.50 bits per heavy atom. The smallest absolute Gasteiger partial charge is 0.327 e. The monoisotopic (exact) mass is 377 g/mol. The zero-order valence-corrected chi connectivity index (χ0v) is 12.7. The first-order chi connectivity index (χ1) is 8.52. The van der Waals surface area contributed by atoms with Crippen molar-refractivity contribution in [2.75, 3.05) is 11.6 Å². The van der Waals surface area contributed by atoms with Gasteiger partial charge >= 0.3 is 5.97 Å². The molecule has 1 amide bonds. The zero-order chi connectivity index (χ0) is 13.3. The fourth-order valence-corrected chi connectivity index (χ4v) is 3.55. The third-order valence-corrected chi connectivity index (χ3v) is 5.29. The number of hydrogen-bond acceptors (Lipinski definition) is 3. The molecular formula is C12H12INO3S. The van der Waals surface area contributed by atoms with E-state index in [4.69, 9.17) is 5.11 Å². The molecule has 18 heavy (non-hydrogen) atoms. The number of nitrogens with zero attached hydrogens (tertiary/aromatic N) is 1. The van der Waals surface area contributed by atoms with Gasteiger partial charge in [0.1, 0.15) is 6.04 Å². The Morgan fingerprint density at radius 2 is 2.22 bits per heavy atom. The lowest BCUT2D eigenvalue weighted by molar-refractivity contribution is -0.140. The molecule has 1 aromatic rings. The number of carboxylic acids is 1. The molecule has 1 fully saturated rings. The molecule has 1 aromatic carbocycles. The van der Waals surface area contributed by atoms with Crippen molar-refractivity contribution in [2.24, 2.45) is 0 Å². The molecule has 4 nitrogen and oxygen atoms in total. The lowest BCUT2D eigenvalue weighted by Gasteiger charge is -2.21. The number of rotatable bonds is 2. The number of carbonyl (C=O) groups excluding carboxylic acids is 1. The van der Waals surface area contributed by atoms with Crippen LogP contribution in [0, 0.1) is 10.5 Å². The predicted octanol–water partition coefficient (Wildman–Crippen LogP) is 2.20.